The van der Waals surface area contributed by atoms with Crippen molar-refractivity contribution < 1.29 is 17.9 Å². The molecule has 1 unspecified atom stereocenters. The number of aromatic nitrogens is 2. The molecular formula is C19H26N4O4S. The summed E-state index contributed by atoms with van der Waals surface area (Å²) in [5, 5.41) is 4.33. The Bertz CT molecular complexity index is 923. The lowest BCUT2D eigenvalue weighted by atomic mass is 9.92. The molecule has 28 heavy (non-hydrogen) atoms. The van der Waals surface area contributed by atoms with Crippen LogP contribution in [0.5, 0.6) is 5.75 Å². The van der Waals surface area contributed by atoms with E-state index in [1.807, 2.05) is 18.2 Å². The van der Waals surface area contributed by atoms with Gasteiger partial charge in [0.25, 0.3) is 0 Å². The average molecular weight is 407 g/mol. The Morgan fingerprint density at radius 3 is 2.64 bits per heavy atom. The average Bonchev–Trinajstić information content (AvgIpc) is 3.16. The van der Waals surface area contributed by atoms with E-state index in [4.69, 9.17) is 14.5 Å². The third-order valence-electron chi connectivity index (χ3n) is 5.20. The van der Waals surface area contributed by atoms with E-state index in [0.717, 1.165) is 55.4 Å². The van der Waals surface area contributed by atoms with Crippen LogP contribution in [0, 0.1) is 0 Å². The van der Waals surface area contributed by atoms with Crippen LogP contribution in [-0.2, 0) is 14.8 Å². The summed E-state index contributed by atoms with van der Waals surface area (Å²) in [5.41, 5.74) is 0.791. The van der Waals surface area contributed by atoms with Crippen LogP contribution in [0.3, 0.4) is 0 Å². The van der Waals surface area contributed by atoms with Crippen LogP contribution in [0.2, 0.25) is 0 Å². The van der Waals surface area contributed by atoms with E-state index in [0.29, 0.717) is 12.6 Å². The molecule has 0 spiro atoms. The molecule has 152 valence electrons. The number of hydrogen-bond acceptors (Lipinski definition) is 7. The maximum absolute atomic E-state index is 11.4. The van der Waals surface area contributed by atoms with E-state index in [9.17, 15) is 8.42 Å². The van der Waals surface area contributed by atoms with Gasteiger partial charge in [-0.3, -0.25) is 0 Å². The predicted octanol–water partition coefficient (Wildman–Crippen LogP) is 2.07. The summed E-state index contributed by atoms with van der Waals surface area (Å²) in [5.74, 6) is 1.32. The van der Waals surface area contributed by atoms with Crippen LogP contribution in [0.1, 0.15) is 32.1 Å². The van der Waals surface area contributed by atoms with Crippen LogP contribution in [0.25, 0.3) is 10.9 Å². The fraction of sp³-hybridized carbons (Fsp3) is 0.579. The minimum Gasteiger partial charge on any atom is -0.486 e. The van der Waals surface area contributed by atoms with Crippen LogP contribution in [0.15, 0.2) is 24.4 Å². The lowest BCUT2D eigenvalue weighted by molar-refractivity contribution is 0.142. The van der Waals surface area contributed by atoms with E-state index < -0.39 is 10.0 Å². The van der Waals surface area contributed by atoms with Crippen molar-refractivity contribution in [1.82, 2.24) is 14.7 Å². The second-order valence-electron chi connectivity index (χ2n) is 7.57. The summed E-state index contributed by atoms with van der Waals surface area (Å²) >= 11 is 0. The molecule has 2 fully saturated rings. The Kier molecular flexibility index (Phi) is 5.65. The van der Waals surface area contributed by atoms with Crippen molar-refractivity contribution in [3.8, 4) is 5.75 Å². The molecule has 0 radical (unpaired) electrons. The minimum atomic E-state index is -3.16. The number of nitrogens with zero attached hydrogens (tertiary/aromatic N) is 2. The monoisotopic (exact) mass is 406 g/mol. The number of benzene rings is 1. The number of nitrogens with one attached hydrogen (secondary N) is 2. The van der Waals surface area contributed by atoms with E-state index in [1.165, 1.54) is 6.26 Å². The van der Waals surface area contributed by atoms with Gasteiger partial charge in [-0.2, -0.15) is 0 Å². The summed E-state index contributed by atoms with van der Waals surface area (Å²) in [6, 6.07) is 6.09. The molecular weight excluding hydrogens is 380 g/mol. The van der Waals surface area contributed by atoms with Crippen molar-refractivity contribution in [3.05, 3.63) is 24.4 Å². The number of hydrogen-bond donors (Lipinski definition) is 2. The number of para-hydroxylation sites is 1. The maximum atomic E-state index is 11.4. The zero-order valence-electron chi connectivity index (χ0n) is 15.9. The zero-order chi connectivity index (χ0) is 19.6. The first-order chi connectivity index (χ1) is 13.5. The summed E-state index contributed by atoms with van der Waals surface area (Å²) in [7, 11) is -3.16. The largest absolute Gasteiger partial charge is 0.486 e. The normalized spacial score (nSPS) is 25.7. The first-order valence-electron chi connectivity index (χ1n) is 9.70. The SMILES string of the molecule is CS(=O)(=O)NC1CCC(Nc2ncc3cccc(OC4CCOC4)c3n2)CC1. The molecule has 2 N–H and O–H groups in total. The zero-order valence-corrected chi connectivity index (χ0v) is 16.7. The maximum Gasteiger partial charge on any atom is 0.223 e. The molecule has 8 nitrogen and oxygen atoms in total. The van der Waals surface area contributed by atoms with Crippen molar-refractivity contribution >= 4 is 26.9 Å². The van der Waals surface area contributed by atoms with Gasteiger partial charge in [-0.1, -0.05) is 12.1 Å². The van der Waals surface area contributed by atoms with Gasteiger partial charge in [0.05, 0.1) is 19.5 Å². The third-order valence-corrected chi connectivity index (χ3v) is 5.96. The van der Waals surface area contributed by atoms with Crippen molar-refractivity contribution in [2.45, 2.75) is 50.3 Å². The molecule has 2 aliphatic rings. The van der Waals surface area contributed by atoms with Gasteiger partial charge in [0.1, 0.15) is 17.4 Å². The predicted molar refractivity (Wildman–Crippen MR) is 107 cm³/mol. The molecule has 0 amide bonds. The van der Waals surface area contributed by atoms with Crippen molar-refractivity contribution in [2.24, 2.45) is 0 Å². The Hall–Kier alpha value is -1.97. The number of fused-ring (bicyclic) bond motifs is 1. The Balaban J connectivity index is 1.43. The molecule has 9 heteroatoms. The summed E-state index contributed by atoms with van der Waals surface area (Å²) in [6.45, 7) is 1.34. The van der Waals surface area contributed by atoms with Gasteiger partial charge in [0, 0.05) is 30.1 Å². The summed E-state index contributed by atoms with van der Waals surface area (Å²) < 4.78 is 36.9. The summed E-state index contributed by atoms with van der Waals surface area (Å²) in [4.78, 5) is 9.13. The van der Waals surface area contributed by atoms with Gasteiger partial charge in [-0.15, -0.1) is 0 Å². The molecule has 1 aromatic carbocycles. The Morgan fingerprint density at radius 1 is 1.14 bits per heavy atom. The standard InChI is InChI=1S/C19H26N4O4S/c1-28(24,25)23-15-7-5-14(6-8-15)21-19-20-11-13-3-2-4-17(18(13)22-19)27-16-9-10-26-12-16/h2-4,11,14-16,23H,5-10,12H2,1H3,(H,20,21,22). The number of sulfonamides is 1. The third kappa shape index (κ3) is 4.89. The van der Waals surface area contributed by atoms with Gasteiger partial charge in [-0.25, -0.2) is 23.1 Å². The molecule has 1 saturated heterocycles. The van der Waals surface area contributed by atoms with Crippen LogP contribution in [0.4, 0.5) is 5.95 Å². The number of ether oxygens (including phenoxy) is 2. The molecule has 1 aliphatic carbocycles. The summed E-state index contributed by atoms with van der Waals surface area (Å²) in [6.07, 6.45) is 7.30. The van der Waals surface area contributed by atoms with Gasteiger partial charge < -0.3 is 14.8 Å². The Morgan fingerprint density at radius 2 is 1.93 bits per heavy atom. The quantitative estimate of drug-likeness (QED) is 0.757. The lowest BCUT2D eigenvalue weighted by Crippen LogP contribution is -2.39. The van der Waals surface area contributed by atoms with Crippen LogP contribution < -0.4 is 14.8 Å². The van der Waals surface area contributed by atoms with Gasteiger partial charge >= 0.3 is 0 Å². The number of anilines is 1. The van der Waals surface area contributed by atoms with Gasteiger partial charge in [0.15, 0.2) is 0 Å². The molecule has 1 saturated carbocycles. The number of rotatable bonds is 6. The highest BCUT2D eigenvalue weighted by Gasteiger charge is 2.24. The molecule has 1 atom stereocenters. The smallest absolute Gasteiger partial charge is 0.223 e. The molecule has 1 aromatic heterocycles. The van der Waals surface area contributed by atoms with Crippen molar-refractivity contribution in [3.63, 3.8) is 0 Å². The second-order valence-corrected chi connectivity index (χ2v) is 9.35. The first-order valence-corrected chi connectivity index (χ1v) is 11.6. The van der Waals surface area contributed by atoms with E-state index in [-0.39, 0.29) is 18.2 Å². The highest BCUT2D eigenvalue weighted by Crippen LogP contribution is 2.27. The molecule has 0 bridgehead atoms. The van der Waals surface area contributed by atoms with E-state index in [1.54, 1.807) is 6.20 Å². The van der Waals surface area contributed by atoms with Gasteiger partial charge in [-0.05, 0) is 31.7 Å². The topological polar surface area (TPSA) is 102 Å². The fourth-order valence-electron chi connectivity index (χ4n) is 3.82. The first kappa shape index (κ1) is 19.4. The van der Waals surface area contributed by atoms with E-state index >= 15 is 0 Å². The van der Waals surface area contributed by atoms with Crippen LogP contribution >= 0.6 is 0 Å². The minimum absolute atomic E-state index is 0.0132. The van der Waals surface area contributed by atoms with Crippen molar-refractivity contribution in [2.75, 3.05) is 24.8 Å². The molecule has 2 aromatic rings. The molecule has 1 aliphatic heterocycles. The molecule has 4 rings (SSSR count). The lowest BCUT2D eigenvalue weighted by Gasteiger charge is -2.29. The highest BCUT2D eigenvalue weighted by atomic mass is 32.2. The Labute approximate surface area is 165 Å². The fourth-order valence-corrected chi connectivity index (χ4v) is 4.66. The van der Waals surface area contributed by atoms with Crippen molar-refractivity contribution in [1.29, 1.82) is 0 Å². The van der Waals surface area contributed by atoms with Crippen LogP contribution in [-0.4, -0.2) is 56.0 Å². The molecule has 2 heterocycles. The van der Waals surface area contributed by atoms with E-state index in [2.05, 4.69) is 15.0 Å². The highest BCUT2D eigenvalue weighted by molar-refractivity contribution is 7.88. The second kappa shape index (κ2) is 8.18. The van der Waals surface area contributed by atoms with Gasteiger partial charge in [0.2, 0.25) is 16.0 Å².